The van der Waals surface area contributed by atoms with Gasteiger partial charge in [-0.25, -0.2) is 4.98 Å². The van der Waals surface area contributed by atoms with Crippen LogP contribution in [0.3, 0.4) is 0 Å². The third-order valence-electron chi connectivity index (χ3n) is 4.64. The topological polar surface area (TPSA) is 64.4 Å². The maximum atomic E-state index is 12.3. The number of amides is 1. The number of carbonyl (C=O) groups is 1. The smallest absolute Gasteiger partial charge is 0.260 e. The molecule has 1 aromatic heterocycles. The molecule has 1 heterocycles. The Bertz CT molecular complexity index is 770. The van der Waals surface area contributed by atoms with E-state index >= 15 is 0 Å². The van der Waals surface area contributed by atoms with Crippen LogP contribution in [-0.2, 0) is 16.6 Å². The van der Waals surface area contributed by atoms with Crippen LogP contribution in [0.15, 0.2) is 28.7 Å². The molecular weight excluding hydrogens is 352 g/mol. The van der Waals surface area contributed by atoms with Gasteiger partial charge in [0.1, 0.15) is 11.5 Å². The van der Waals surface area contributed by atoms with Gasteiger partial charge in [0.25, 0.3) is 5.91 Å². The number of rotatable bonds is 8. The summed E-state index contributed by atoms with van der Waals surface area (Å²) in [7, 11) is 0. The number of nitrogens with zero attached hydrogens (tertiary/aromatic N) is 1. The van der Waals surface area contributed by atoms with Crippen LogP contribution >= 0.6 is 0 Å². The highest BCUT2D eigenvalue weighted by Crippen LogP contribution is 2.24. The van der Waals surface area contributed by atoms with E-state index in [1.807, 2.05) is 31.2 Å². The lowest BCUT2D eigenvalue weighted by Gasteiger charge is -2.15. The Labute approximate surface area is 168 Å². The number of carbonyl (C=O) groups excluding carboxylic acids is 1. The average Bonchev–Trinajstić information content (AvgIpc) is 3.00. The van der Waals surface area contributed by atoms with Crippen molar-refractivity contribution < 1.29 is 13.9 Å². The van der Waals surface area contributed by atoms with Crippen molar-refractivity contribution in [1.29, 1.82) is 0 Å². The van der Waals surface area contributed by atoms with E-state index in [0.29, 0.717) is 18.2 Å². The highest BCUT2D eigenvalue weighted by Gasteiger charge is 2.22. The lowest BCUT2D eigenvalue weighted by molar-refractivity contribution is -0.127. The zero-order chi connectivity index (χ0) is 20.9. The first-order valence-electron chi connectivity index (χ1n) is 10.1. The molecule has 154 valence electrons. The molecule has 2 rings (SSSR count). The highest BCUT2D eigenvalue weighted by molar-refractivity contribution is 5.80. The normalized spacial score (nSPS) is 12.9. The van der Waals surface area contributed by atoms with Crippen LogP contribution in [0.25, 0.3) is 0 Å². The molecule has 0 saturated carbocycles. The van der Waals surface area contributed by atoms with Crippen LogP contribution in [0.1, 0.15) is 76.8 Å². The molecule has 2 aromatic rings. The molecular formula is C23H34N2O3. The number of hydrogen-bond donors (Lipinski definition) is 1. The van der Waals surface area contributed by atoms with E-state index in [0.717, 1.165) is 30.2 Å². The van der Waals surface area contributed by atoms with Gasteiger partial charge in [-0.05, 0) is 43.9 Å². The second kappa shape index (κ2) is 9.26. The van der Waals surface area contributed by atoms with Crippen LogP contribution in [0, 0.1) is 6.92 Å². The van der Waals surface area contributed by atoms with E-state index in [2.05, 4.69) is 44.9 Å². The van der Waals surface area contributed by atoms with Gasteiger partial charge in [-0.1, -0.05) is 46.8 Å². The molecule has 0 aliphatic carbocycles. The van der Waals surface area contributed by atoms with Crippen LogP contribution in [0.5, 0.6) is 5.75 Å². The van der Waals surface area contributed by atoms with Crippen LogP contribution in [-0.4, -0.2) is 23.5 Å². The SMILES string of the molecule is Cc1nc(C(C)(C)C)oc1CCCNC(=O)C(C)Oc1ccc(C(C)C)cc1. The van der Waals surface area contributed by atoms with Gasteiger partial charge in [0.05, 0.1) is 5.69 Å². The maximum absolute atomic E-state index is 12.3. The molecule has 1 unspecified atom stereocenters. The third kappa shape index (κ3) is 6.11. The first-order chi connectivity index (χ1) is 13.1. The molecule has 0 bridgehead atoms. The van der Waals surface area contributed by atoms with Crippen LogP contribution in [0.4, 0.5) is 0 Å². The number of aryl methyl sites for hydroxylation is 2. The minimum atomic E-state index is -0.538. The van der Waals surface area contributed by atoms with Crippen molar-refractivity contribution >= 4 is 5.91 Å². The van der Waals surface area contributed by atoms with Gasteiger partial charge in [0.2, 0.25) is 0 Å². The Morgan fingerprint density at radius 3 is 2.36 bits per heavy atom. The third-order valence-corrected chi connectivity index (χ3v) is 4.64. The second-order valence-electron chi connectivity index (χ2n) is 8.66. The van der Waals surface area contributed by atoms with E-state index < -0.39 is 6.10 Å². The van der Waals surface area contributed by atoms with Gasteiger partial charge in [-0.15, -0.1) is 0 Å². The predicted molar refractivity (Wildman–Crippen MR) is 112 cm³/mol. The van der Waals surface area contributed by atoms with Crippen molar-refractivity contribution in [3.63, 3.8) is 0 Å². The number of ether oxygens (including phenoxy) is 1. The Hall–Kier alpha value is -2.30. The molecule has 1 atom stereocenters. The molecule has 1 amide bonds. The van der Waals surface area contributed by atoms with E-state index in [-0.39, 0.29) is 11.3 Å². The van der Waals surface area contributed by atoms with E-state index in [9.17, 15) is 4.79 Å². The molecule has 5 nitrogen and oxygen atoms in total. The van der Waals surface area contributed by atoms with Gasteiger partial charge in [0, 0.05) is 18.4 Å². The number of hydrogen-bond acceptors (Lipinski definition) is 4. The average molecular weight is 387 g/mol. The van der Waals surface area contributed by atoms with Crippen LogP contribution < -0.4 is 10.1 Å². The summed E-state index contributed by atoms with van der Waals surface area (Å²) in [5, 5.41) is 2.93. The molecule has 1 N–H and O–H groups in total. The maximum Gasteiger partial charge on any atom is 0.260 e. The minimum Gasteiger partial charge on any atom is -0.481 e. The Morgan fingerprint density at radius 2 is 1.82 bits per heavy atom. The standard InChI is InChI=1S/C23H34N2O3/c1-15(2)18-10-12-19(13-11-18)27-17(4)21(26)24-14-8-9-20-16(3)25-22(28-20)23(5,6)7/h10-13,15,17H,8-9,14H2,1-7H3,(H,24,26). The van der Waals surface area contributed by atoms with Gasteiger partial charge in [0.15, 0.2) is 12.0 Å². The first-order valence-corrected chi connectivity index (χ1v) is 10.1. The van der Waals surface area contributed by atoms with E-state index in [1.165, 1.54) is 5.56 Å². The molecule has 5 heteroatoms. The van der Waals surface area contributed by atoms with Crippen molar-refractivity contribution in [3.05, 3.63) is 47.2 Å². The Morgan fingerprint density at radius 1 is 1.18 bits per heavy atom. The summed E-state index contributed by atoms with van der Waals surface area (Å²) in [5.74, 6) is 2.72. The zero-order valence-electron chi connectivity index (χ0n) is 18.3. The largest absolute Gasteiger partial charge is 0.481 e. The fourth-order valence-electron chi connectivity index (χ4n) is 2.77. The number of aromatic nitrogens is 1. The summed E-state index contributed by atoms with van der Waals surface area (Å²) < 4.78 is 11.6. The molecule has 0 aliphatic rings. The van der Waals surface area contributed by atoms with Gasteiger partial charge < -0.3 is 14.5 Å². The van der Waals surface area contributed by atoms with Gasteiger partial charge in [-0.3, -0.25) is 4.79 Å². The van der Waals surface area contributed by atoms with Crippen molar-refractivity contribution in [1.82, 2.24) is 10.3 Å². The molecule has 0 spiro atoms. The zero-order valence-corrected chi connectivity index (χ0v) is 18.3. The highest BCUT2D eigenvalue weighted by atomic mass is 16.5. The van der Waals surface area contributed by atoms with Gasteiger partial charge >= 0.3 is 0 Å². The summed E-state index contributed by atoms with van der Waals surface area (Å²) in [5.41, 5.74) is 2.08. The summed E-state index contributed by atoms with van der Waals surface area (Å²) in [6.07, 6.45) is 1.01. The van der Waals surface area contributed by atoms with E-state index in [4.69, 9.17) is 9.15 Å². The van der Waals surface area contributed by atoms with Crippen LogP contribution in [0.2, 0.25) is 0 Å². The molecule has 1 aromatic carbocycles. The lowest BCUT2D eigenvalue weighted by Crippen LogP contribution is -2.36. The number of oxazole rings is 1. The molecule has 0 radical (unpaired) electrons. The molecule has 0 aliphatic heterocycles. The summed E-state index contributed by atoms with van der Waals surface area (Å²) >= 11 is 0. The summed E-state index contributed by atoms with van der Waals surface area (Å²) in [6, 6.07) is 7.91. The molecule has 0 fully saturated rings. The van der Waals surface area contributed by atoms with Gasteiger partial charge in [-0.2, -0.15) is 0 Å². The first kappa shape index (κ1) is 22.0. The molecule has 0 saturated heterocycles. The summed E-state index contributed by atoms with van der Waals surface area (Å²) in [6.45, 7) is 14.9. The van der Waals surface area contributed by atoms with Crippen molar-refractivity contribution in [2.24, 2.45) is 0 Å². The van der Waals surface area contributed by atoms with E-state index in [1.54, 1.807) is 6.92 Å². The van der Waals surface area contributed by atoms with Crippen molar-refractivity contribution in [2.75, 3.05) is 6.54 Å². The summed E-state index contributed by atoms with van der Waals surface area (Å²) in [4.78, 5) is 16.8. The second-order valence-corrected chi connectivity index (χ2v) is 8.66. The monoisotopic (exact) mass is 386 g/mol. The number of benzene rings is 1. The predicted octanol–water partition coefficient (Wildman–Crippen LogP) is 4.92. The lowest BCUT2D eigenvalue weighted by atomic mass is 9.97. The quantitative estimate of drug-likeness (QED) is 0.654. The van der Waals surface area contributed by atoms with Crippen molar-refractivity contribution in [3.8, 4) is 5.75 Å². The minimum absolute atomic E-state index is 0.0998. The Kier molecular flexibility index (Phi) is 7.28. The van der Waals surface area contributed by atoms with Crippen molar-refractivity contribution in [2.45, 2.75) is 78.7 Å². The number of nitrogens with one attached hydrogen (secondary N) is 1. The fourth-order valence-corrected chi connectivity index (χ4v) is 2.77. The molecule has 28 heavy (non-hydrogen) atoms. The Balaban J connectivity index is 1.77. The fraction of sp³-hybridized carbons (Fsp3) is 0.565.